The molecule has 0 amide bonds. The number of aromatic nitrogens is 3. The van der Waals surface area contributed by atoms with Crippen LogP contribution in [0.5, 0.6) is 0 Å². The summed E-state index contributed by atoms with van der Waals surface area (Å²) in [5, 5.41) is 7.75. The Balaban J connectivity index is 1.85. The molecule has 3 rings (SSSR count). The zero-order valence-electron chi connectivity index (χ0n) is 9.00. The van der Waals surface area contributed by atoms with Gasteiger partial charge in [0.15, 0.2) is 0 Å². The van der Waals surface area contributed by atoms with Crippen molar-refractivity contribution in [3.05, 3.63) is 42.5 Å². The number of nitrogens with one attached hydrogen (secondary N) is 1. The molecule has 0 saturated heterocycles. The lowest BCUT2D eigenvalue weighted by Crippen LogP contribution is -2.17. The van der Waals surface area contributed by atoms with Crippen molar-refractivity contribution in [2.45, 2.75) is 25.4 Å². The molecular weight excluding hydrogens is 200 g/mol. The molecule has 16 heavy (non-hydrogen) atoms. The smallest absolute Gasteiger partial charge is 0.0873 e. The monoisotopic (exact) mass is 214 g/mol. The molecule has 0 bridgehead atoms. The van der Waals surface area contributed by atoms with E-state index in [9.17, 15) is 0 Å². The van der Waals surface area contributed by atoms with Crippen molar-refractivity contribution in [2.75, 3.05) is 0 Å². The second-order valence-corrected chi connectivity index (χ2v) is 4.11. The molecule has 0 atom stereocenters. The number of nitrogens with zero attached hydrogens (tertiary/aromatic N) is 3. The van der Waals surface area contributed by atoms with Crippen molar-refractivity contribution in [1.82, 2.24) is 20.1 Å². The molecule has 1 fully saturated rings. The normalized spacial score (nSPS) is 15.2. The van der Waals surface area contributed by atoms with Gasteiger partial charge in [-0.2, -0.15) is 5.10 Å². The predicted octanol–water partition coefficient (Wildman–Crippen LogP) is 1.52. The summed E-state index contributed by atoms with van der Waals surface area (Å²) in [4.78, 5) is 4.16. The van der Waals surface area contributed by atoms with Crippen molar-refractivity contribution >= 4 is 0 Å². The lowest BCUT2D eigenvalue weighted by Gasteiger charge is -2.09. The quantitative estimate of drug-likeness (QED) is 0.839. The second kappa shape index (κ2) is 4.06. The Morgan fingerprint density at radius 3 is 3.06 bits per heavy atom. The van der Waals surface area contributed by atoms with E-state index in [0.29, 0.717) is 0 Å². The van der Waals surface area contributed by atoms with Crippen molar-refractivity contribution < 1.29 is 0 Å². The third-order valence-corrected chi connectivity index (χ3v) is 2.80. The highest BCUT2D eigenvalue weighted by atomic mass is 15.3. The van der Waals surface area contributed by atoms with Gasteiger partial charge in [-0.25, -0.2) is 4.68 Å². The van der Waals surface area contributed by atoms with E-state index < -0.39 is 0 Å². The van der Waals surface area contributed by atoms with E-state index in [1.165, 1.54) is 18.4 Å². The Morgan fingerprint density at radius 2 is 2.31 bits per heavy atom. The highest BCUT2D eigenvalue weighted by molar-refractivity contribution is 5.37. The van der Waals surface area contributed by atoms with Gasteiger partial charge in [-0.05, 0) is 30.5 Å². The molecule has 2 aromatic heterocycles. The van der Waals surface area contributed by atoms with Gasteiger partial charge in [0.05, 0.1) is 11.9 Å². The molecule has 4 heteroatoms. The minimum Gasteiger partial charge on any atom is -0.310 e. The zero-order valence-corrected chi connectivity index (χ0v) is 9.00. The number of rotatable bonds is 4. The maximum absolute atomic E-state index is 4.24. The first-order valence-corrected chi connectivity index (χ1v) is 5.60. The summed E-state index contributed by atoms with van der Waals surface area (Å²) >= 11 is 0. The van der Waals surface area contributed by atoms with Gasteiger partial charge in [0, 0.05) is 31.2 Å². The highest BCUT2D eigenvalue weighted by Crippen LogP contribution is 2.20. The molecule has 2 aromatic rings. The van der Waals surface area contributed by atoms with Gasteiger partial charge in [0.25, 0.3) is 0 Å². The fourth-order valence-electron chi connectivity index (χ4n) is 1.72. The Morgan fingerprint density at radius 1 is 1.38 bits per heavy atom. The van der Waals surface area contributed by atoms with Crippen LogP contribution in [0.4, 0.5) is 0 Å². The summed E-state index contributed by atoms with van der Waals surface area (Å²) in [6.45, 7) is 0.891. The van der Waals surface area contributed by atoms with Crippen LogP contribution < -0.4 is 5.32 Å². The fourth-order valence-corrected chi connectivity index (χ4v) is 1.72. The molecule has 1 aliphatic carbocycles. The Labute approximate surface area is 94.3 Å². The first-order chi connectivity index (χ1) is 7.93. The average molecular weight is 214 g/mol. The van der Waals surface area contributed by atoms with Crippen LogP contribution in [-0.2, 0) is 6.54 Å². The molecular formula is C12H14N4. The van der Waals surface area contributed by atoms with Crippen molar-refractivity contribution in [3.8, 4) is 5.69 Å². The summed E-state index contributed by atoms with van der Waals surface area (Å²) in [7, 11) is 0. The summed E-state index contributed by atoms with van der Waals surface area (Å²) in [5.74, 6) is 0. The van der Waals surface area contributed by atoms with Gasteiger partial charge in [-0.3, -0.25) is 4.98 Å². The maximum Gasteiger partial charge on any atom is 0.0873 e. The minimum atomic E-state index is 0.721. The molecule has 0 radical (unpaired) electrons. The molecule has 1 N–H and O–H groups in total. The standard InChI is InChI=1S/C12H14N4/c1-5-15-16(7-1)12-9-13-6-4-10(12)8-14-11-2-3-11/h1,4-7,9,11,14H,2-3,8H2. The molecule has 1 saturated carbocycles. The lowest BCUT2D eigenvalue weighted by molar-refractivity contribution is 0.680. The van der Waals surface area contributed by atoms with Crippen LogP contribution in [0, 0.1) is 0 Å². The number of hydrogen-bond donors (Lipinski definition) is 1. The van der Waals surface area contributed by atoms with Crippen LogP contribution in [0.15, 0.2) is 36.9 Å². The second-order valence-electron chi connectivity index (χ2n) is 4.11. The largest absolute Gasteiger partial charge is 0.310 e. The Bertz CT molecular complexity index is 460. The molecule has 1 aliphatic rings. The van der Waals surface area contributed by atoms with E-state index in [4.69, 9.17) is 0 Å². The SMILES string of the molecule is c1cnn(-c2cnccc2CNC2CC2)c1. The van der Waals surface area contributed by atoms with Gasteiger partial charge in [0.2, 0.25) is 0 Å². The Kier molecular flexibility index (Phi) is 2.42. The molecule has 0 unspecified atom stereocenters. The Hall–Kier alpha value is -1.68. The summed E-state index contributed by atoms with van der Waals surface area (Å²) < 4.78 is 1.86. The zero-order chi connectivity index (χ0) is 10.8. The summed E-state index contributed by atoms with van der Waals surface area (Å²) in [5.41, 5.74) is 2.30. The van der Waals surface area contributed by atoms with E-state index in [2.05, 4.69) is 15.4 Å². The number of pyridine rings is 1. The van der Waals surface area contributed by atoms with Crippen molar-refractivity contribution in [3.63, 3.8) is 0 Å². The van der Waals surface area contributed by atoms with Gasteiger partial charge < -0.3 is 5.32 Å². The van der Waals surface area contributed by atoms with Crippen LogP contribution in [-0.4, -0.2) is 20.8 Å². The molecule has 0 aromatic carbocycles. The van der Waals surface area contributed by atoms with E-state index in [1.54, 1.807) is 6.20 Å². The third-order valence-electron chi connectivity index (χ3n) is 2.80. The topological polar surface area (TPSA) is 42.7 Å². The lowest BCUT2D eigenvalue weighted by atomic mass is 10.2. The van der Waals surface area contributed by atoms with Crippen LogP contribution >= 0.6 is 0 Å². The van der Waals surface area contributed by atoms with Gasteiger partial charge in [-0.15, -0.1) is 0 Å². The molecule has 4 nitrogen and oxygen atoms in total. The summed E-state index contributed by atoms with van der Waals surface area (Å²) in [6, 6.07) is 4.69. The molecule has 82 valence electrons. The van der Waals surface area contributed by atoms with E-state index >= 15 is 0 Å². The molecule has 0 aliphatic heterocycles. The highest BCUT2D eigenvalue weighted by Gasteiger charge is 2.20. The molecule has 2 heterocycles. The van der Waals surface area contributed by atoms with Crippen LogP contribution in [0.1, 0.15) is 18.4 Å². The first-order valence-electron chi connectivity index (χ1n) is 5.60. The van der Waals surface area contributed by atoms with Gasteiger partial charge in [-0.1, -0.05) is 0 Å². The first kappa shape index (κ1) is 9.54. The van der Waals surface area contributed by atoms with Crippen LogP contribution in [0.2, 0.25) is 0 Å². The van der Waals surface area contributed by atoms with Gasteiger partial charge in [0.1, 0.15) is 0 Å². The van der Waals surface area contributed by atoms with E-state index in [1.807, 2.05) is 35.4 Å². The van der Waals surface area contributed by atoms with Crippen molar-refractivity contribution in [1.29, 1.82) is 0 Å². The predicted molar refractivity (Wildman–Crippen MR) is 61.2 cm³/mol. The van der Waals surface area contributed by atoms with Crippen LogP contribution in [0.3, 0.4) is 0 Å². The molecule has 0 spiro atoms. The summed E-state index contributed by atoms with van der Waals surface area (Å²) in [6.07, 6.45) is 10.0. The number of hydrogen-bond acceptors (Lipinski definition) is 3. The van der Waals surface area contributed by atoms with E-state index in [-0.39, 0.29) is 0 Å². The third kappa shape index (κ3) is 1.97. The van der Waals surface area contributed by atoms with E-state index in [0.717, 1.165) is 18.3 Å². The minimum absolute atomic E-state index is 0.721. The van der Waals surface area contributed by atoms with Gasteiger partial charge >= 0.3 is 0 Å². The van der Waals surface area contributed by atoms with Crippen LogP contribution in [0.25, 0.3) is 5.69 Å². The van der Waals surface area contributed by atoms with Crippen molar-refractivity contribution in [2.24, 2.45) is 0 Å². The fraction of sp³-hybridized carbons (Fsp3) is 0.333. The maximum atomic E-state index is 4.24. The average Bonchev–Trinajstić information content (AvgIpc) is 3.00.